The molecule has 3 nitrogen and oxygen atoms in total. The summed E-state index contributed by atoms with van der Waals surface area (Å²) in [6, 6.07) is 3.05. The standard InChI is InChI=1S/C11H12FN3/c1-7-5-9(12)8(6-10(7)13)11-14-3-4-15(11)2/h3-6H,13H2,1-2H3. The summed E-state index contributed by atoms with van der Waals surface area (Å²) in [5.74, 6) is 0.287. The fourth-order valence-corrected chi connectivity index (χ4v) is 1.49. The van der Waals surface area contributed by atoms with Crippen molar-refractivity contribution >= 4 is 5.69 Å². The quantitative estimate of drug-likeness (QED) is 0.725. The third-order valence-electron chi connectivity index (χ3n) is 2.42. The maximum Gasteiger partial charge on any atom is 0.142 e. The maximum absolute atomic E-state index is 13.7. The number of aryl methyl sites for hydroxylation is 2. The Hall–Kier alpha value is -1.84. The first-order valence-electron chi connectivity index (χ1n) is 4.63. The first kappa shape index (κ1) is 9.71. The molecule has 0 aliphatic rings. The van der Waals surface area contributed by atoms with E-state index in [2.05, 4.69) is 4.98 Å². The molecule has 1 aromatic carbocycles. The van der Waals surface area contributed by atoms with Crippen molar-refractivity contribution in [3.63, 3.8) is 0 Å². The second-order valence-electron chi connectivity index (χ2n) is 3.55. The molecule has 2 aromatic rings. The maximum atomic E-state index is 13.7. The monoisotopic (exact) mass is 205 g/mol. The lowest BCUT2D eigenvalue weighted by atomic mass is 10.1. The zero-order valence-corrected chi connectivity index (χ0v) is 8.66. The minimum atomic E-state index is -0.295. The molecular formula is C11H12FN3. The highest BCUT2D eigenvalue weighted by atomic mass is 19.1. The largest absolute Gasteiger partial charge is 0.398 e. The molecule has 0 bridgehead atoms. The molecule has 0 spiro atoms. The van der Waals surface area contributed by atoms with Crippen molar-refractivity contribution in [2.24, 2.45) is 7.05 Å². The minimum Gasteiger partial charge on any atom is -0.398 e. The third kappa shape index (κ3) is 1.58. The van der Waals surface area contributed by atoms with Gasteiger partial charge in [0.15, 0.2) is 0 Å². The van der Waals surface area contributed by atoms with Crippen LogP contribution in [0, 0.1) is 12.7 Å². The van der Waals surface area contributed by atoms with E-state index in [0.717, 1.165) is 5.56 Å². The first-order chi connectivity index (χ1) is 7.09. The van der Waals surface area contributed by atoms with Crippen LogP contribution in [0.2, 0.25) is 0 Å². The first-order valence-corrected chi connectivity index (χ1v) is 4.63. The number of hydrogen-bond donors (Lipinski definition) is 1. The Labute approximate surface area is 87.4 Å². The molecule has 0 aliphatic heterocycles. The summed E-state index contributed by atoms with van der Waals surface area (Å²) in [6.07, 6.45) is 3.40. The van der Waals surface area contributed by atoms with Crippen LogP contribution in [0.25, 0.3) is 11.4 Å². The molecule has 78 valence electrons. The van der Waals surface area contributed by atoms with Crippen LogP contribution >= 0.6 is 0 Å². The Morgan fingerprint density at radius 2 is 2.13 bits per heavy atom. The molecule has 2 rings (SSSR count). The SMILES string of the molecule is Cc1cc(F)c(-c2nccn2C)cc1N. The number of rotatable bonds is 1. The van der Waals surface area contributed by atoms with Crippen molar-refractivity contribution in [1.29, 1.82) is 0 Å². The second-order valence-corrected chi connectivity index (χ2v) is 3.55. The molecule has 0 atom stereocenters. The van der Waals surface area contributed by atoms with E-state index in [1.165, 1.54) is 6.07 Å². The van der Waals surface area contributed by atoms with Crippen molar-refractivity contribution in [2.75, 3.05) is 5.73 Å². The molecular weight excluding hydrogens is 193 g/mol. The van der Waals surface area contributed by atoms with Crippen LogP contribution in [-0.4, -0.2) is 9.55 Å². The number of aromatic nitrogens is 2. The number of nitrogens with two attached hydrogens (primary N) is 1. The zero-order chi connectivity index (χ0) is 11.0. The molecule has 0 aliphatic carbocycles. The number of hydrogen-bond acceptors (Lipinski definition) is 2. The number of nitrogen functional groups attached to an aromatic ring is 1. The topological polar surface area (TPSA) is 43.8 Å². The van der Waals surface area contributed by atoms with Crippen LogP contribution in [0.15, 0.2) is 24.5 Å². The van der Waals surface area contributed by atoms with Gasteiger partial charge in [-0.1, -0.05) is 0 Å². The normalized spacial score (nSPS) is 10.6. The van der Waals surface area contributed by atoms with Gasteiger partial charge in [0, 0.05) is 25.1 Å². The molecule has 0 saturated heterocycles. The minimum absolute atomic E-state index is 0.295. The van der Waals surface area contributed by atoms with E-state index in [9.17, 15) is 4.39 Å². The molecule has 0 saturated carbocycles. The Balaban J connectivity index is 2.64. The highest BCUT2D eigenvalue weighted by Gasteiger charge is 2.11. The average Bonchev–Trinajstić information content (AvgIpc) is 2.58. The lowest BCUT2D eigenvalue weighted by molar-refractivity contribution is 0.628. The van der Waals surface area contributed by atoms with E-state index in [-0.39, 0.29) is 5.82 Å². The number of imidazole rings is 1. The number of nitrogens with zero attached hydrogens (tertiary/aromatic N) is 2. The van der Waals surface area contributed by atoms with E-state index in [0.29, 0.717) is 17.1 Å². The molecule has 0 amide bonds. The fraction of sp³-hybridized carbons (Fsp3) is 0.182. The predicted molar refractivity (Wildman–Crippen MR) is 57.8 cm³/mol. The number of benzene rings is 1. The third-order valence-corrected chi connectivity index (χ3v) is 2.42. The molecule has 0 fully saturated rings. The van der Waals surface area contributed by atoms with Gasteiger partial charge in [-0.05, 0) is 24.6 Å². The van der Waals surface area contributed by atoms with Crippen molar-refractivity contribution in [2.45, 2.75) is 6.92 Å². The van der Waals surface area contributed by atoms with Gasteiger partial charge in [0.1, 0.15) is 11.6 Å². The van der Waals surface area contributed by atoms with E-state index in [1.54, 1.807) is 30.0 Å². The van der Waals surface area contributed by atoms with Gasteiger partial charge in [-0.3, -0.25) is 0 Å². The average molecular weight is 205 g/mol. The van der Waals surface area contributed by atoms with Gasteiger partial charge in [0.2, 0.25) is 0 Å². The second kappa shape index (κ2) is 3.38. The summed E-state index contributed by atoms with van der Waals surface area (Å²) in [5.41, 5.74) is 7.50. The molecule has 1 heterocycles. The van der Waals surface area contributed by atoms with Crippen molar-refractivity contribution in [1.82, 2.24) is 9.55 Å². The Morgan fingerprint density at radius 1 is 1.40 bits per heavy atom. The van der Waals surface area contributed by atoms with Gasteiger partial charge < -0.3 is 10.3 Å². The zero-order valence-electron chi connectivity index (χ0n) is 8.66. The van der Waals surface area contributed by atoms with Crippen molar-refractivity contribution in [3.8, 4) is 11.4 Å². The lowest BCUT2D eigenvalue weighted by Crippen LogP contribution is -1.98. The van der Waals surface area contributed by atoms with E-state index >= 15 is 0 Å². The van der Waals surface area contributed by atoms with Crippen LogP contribution in [0.4, 0.5) is 10.1 Å². The molecule has 0 radical (unpaired) electrons. The predicted octanol–water partition coefficient (Wildman–Crippen LogP) is 2.12. The molecule has 15 heavy (non-hydrogen) atoms. The van der Waals surface area contributed by atoms with Crippen LogP contribution in [0.1, 0.15) is 5.56 Å². The number of anilines is 1. The summed E-state index contributed by atoms with van der Waals surface area (Å²) in [5, 5.41) is 0. The smallest absolute Gasteiger partial charge is 0.142 e. The van der Waals surface area contributed by atoms with Crippen molar-refractivity contribution in [3.05, 3.63) is 35.9 Å². The summed E-state index contributed by atoms with van der Waals surface area (Å²) in [4.78, 5) is 4.09. The van der Waals surface area contributed by atoms with Gasteiger partial charge in [-0.2, -0.15) is 0 Å². The highest BCUT2D eigenvalue weighted by Crippen LogP contribution is 2.25. The summed E-state index contributed by atoms with van der Waals surface area (Å²) < 4.78 is 15.4. The van der Waals surface area contributed by atoms with E-state index in [4.69, 9.17) is 5.73 Å². The Bertz CT molecular complexity index is 503. The van der Waals surface area contributed by atoms with E-state index < -0.39 is 0 Å². The number of halogens is 1. The summed E-state index contributed by atoms with van der Waals surface area (Å²) in [6.45, 7) is 1.78. The van der Waals surface area contributed by atoms with E-state index in [1.807, 2.05) is 7.05 Å². The van der Waals surface area contributed by atoms with Gasteiger partial charge in [0.25, 0.3) is 0 Å². The van der Waals surface area contributed by atoms with Crippen LogP contribution < -0.4 is 5.73 Å². The van der Waals surface area contributed by atoms with Crippen molar-refractivity contribution < 1.29 is 4.39 Å². The lowest BCUT2D eigenvalue weighted by Gasteiger charge is -2.06. The van der Waals surface area contributed by atoms with Gasteiger partial charge in [-0.25, -0.2) is 9.37 Å². The van der Waals surface area contributed by atoms with Gasteiger partial charge >= 0.3 is 0 Å². The highest BCUT2D eigenvalue weighted by molar-refractivity contribution is 5.64. The Morgan fingerprint density at radius 3 is 2.73 bits per heavy atom. The molecule has 1 aromatic heterocycles. The molecule has 2 N–H and O–H groups in total. The molecule has 0 unspecified atom stereocenters. The van der Waals surface area contributed by atoms with Gasteiger partial charge in [0.05, 0.1) is 5.56 Å². The van der Waals surface area contributed by atoms with Crippen LogP contribution in [0.3, 0.4) is 0 Å². The fourth-order valence-electron chi connectivity index (χ4n) is 1.49. The Kier molecular flexibility index (Phi) is 2.19. The molecule has 4 heteroatoms. The summed E-state index contributed by atoms with van der Waals surface area (Å²) >= 11 is 0. The van der Waals surface area contributed by atoms with Crippen LogP contribution in [-0.2, 0) is 7.05 Å². The van der Waals surface area contributed by atoms with Crippen LogP contribution in [0.5, 0.6) is 0 Å². The van der Waals surface area contributed by atoms with Gasteiger partial charge in [-0.15, -0.1) is 0 Å². The summed E-state index contributed by atoms with van der Waals surface area (Å²) in [7, 11) is 1.82.